The lowest BCUT2D eigenvalue weighted by atomic mass is 10.2. The van der Waals surface area contributed by atoms with Crippen LogP contribution in [0.3, 0.4) is 0 Å². The molecule has 1 N–H and O–H groups in total. The van der Waals surface area contributed by atoms with E-state index in [9.17, 15) is 0 Å². The van der Waals surface area contributed by atoms with Crippen LogP contribution in [0, 0.1) is 0 Å². The summed E-state index contributed by atoms with van der Waals surface area (Å²) < 4.78 is 5.36. The van der Waals surface area contributed by atoms with E-state index in [0.29, 0.717) is 0 Å². The molecule has 2 aromatic rings. The van der Waals surface area contributed by atoms with E-state index < -0.39 is 0 Å². The van der Waals surface area contributed by atoms with Crippen LogP contribution in [-0.4, -0.2) is 17.2 Å². The number of hydrogen-bond acceptors (Lipinski definition) is 5. The second-order valence-corrected chi connectivity index (χ2v) is 4.20. The van der Waals surface area contributed by atoms with Gasteiger partial charge in [0.25, 0.3) is 0 Å². The highest BCUT2D eigenvalue weighted by atomic mass is 32.1. The van der Waals surface area contributed by atoms with Gasteiger partial charge in [0.2, 0.25) is 0 Å². The van der Waals surface area contributed by atoms with Crippen molar-refractivity contribution < 1.29 is 4.42 Å². The average molecular weight is 223 g/mol. The van der Waals surface area contributed by atoms with Crippen molar-refractivity contribution in [2.75, 3.05) is 7.05 Å². The molecule has 2 heterocycles. The van der Waals surface area contributed by atoms with Gasteiger partial charge in [0.05, 0.1) is 11.8 Å². The average Bonchev–Trinajstić information content (AvgIpc) is 2.84. The number of nitrogens with zero attached hydrogens (tertiary/aromatic N) is 2. The first kappa shape index (κ1) is 10.3. The second kappa shape index (κ2) is 4.55. The molecule has 0 saturated heterocycles. The van der Waals surface area contributed by atoms with Gasteiger partial charge in [-0.05, 0) is 13.1 Å². The van der Waals surface area contributed by atoms with Gasteiger partial charge < -0.3 is 9.73 Å². The molecule has 2 rings (SSSR count). The van der Waals surface area contributed by atoms with Crippen molar-refractivity contribution in [1.82, 2.24) is 15.5 Å². The van der Waals surface area contributed by atoms with Gasteiger partial charge in [0, 0.05) is 13.0 Å². The molecular formula is C10H13N3OS. The molecule has 0 aliphatic rings. The van der Waals surface area contributed by atoms with Gasteiger partial charge in [-0.15, -0.1) is 10.2 Å². The van der Waals surface area contributed by atoms with Crippen LogP contribution in [0.5, 0.6) is 0 Å². The fourth-order valence-electron chi connectivity index (χ4n) is 1.39. The topological polar surface area (TPSA) is 51.0 Å². The lowest BCUT2D eigenvalue weighted by molar-refractivity contribution is 0.517. The molecule has 2 aromatic heterocycles. The number of rotatable bonds is 4. The Morgan fingerprint density at radius 1 is 1.47 bits per heavy atom. The maximum atomic E-state index is 5.36. The van der Waals surface area contributed by atoms with E-state index in [0.717, 1.165) is 34.3 Å². The van der Waals surface area contributed by atoms with E-state index in [2.05, 4.69) is 22.4 Å². The van der Waals surface area contributed by atoms with Gasteiger partial charge in [-0.2, -0.15) is 0 Å². The van der Waals surface area contributed by atoms with Crippen LogP contribution in [0.4, 0.5) is 0 Å². The van der Waals surface area contributed by atoms with Crippen LogP contribution >= 0.6 is 11.3 Å². The van der Waals surface area contributed by atoms with Crippen molar-refractivity contribution in [3.63, 3.8) is 0 Å². The third kappa shape index (κ3) is 2.08. The van der Waals surface area contributed by atoms with E-state index in [-0.39, 0.29) is 0 Å². The Morgan fingerprint density at radius 2 is 2.33 bits per heavy atom. The molecule has 0 unspecified atom stereocenters. The van der Waals surface area contributed by atoms with Crippen molar-refractivity contribution in [2.24, 2.45) is 0 Å². The Morgan fingerprint density at radius 3 is 3.07 bits per heavy atom. The zero-order valence-electron chi connectivity index (χ0n) is 8.78. The summed E-state index contributed by atoms with van der Waals surface area (Å²) in [6, 6.07) is 1.95. The Bertz CT molecular complexity index is 435. The van der Waals surface area contributed by atoms with Crippen LogP contribution < -0.4 is 5.32 Å². The van der Waals surface area contributed by atoms with Gasteiger partial charge in [0.1, 0.15) is 10.8 Å². The van der Waals surface area contributed by atoms with Crippen LogP contribution in [0.25, 0.3) is 10.6 Å². The highest BCUT2D eigenvalue weighted by Gasteiger charge is 2.11. The van der Waals surface area contributed by atoms with Crippen molar-refractivity contribution in [3.8, 4) is 10.6 Å². The minimum Gasteiger partial charge on any atom is -0.469 e. The summed E-state index contributed by atoms with van der Waals surface area (Å²) in [5.74, 6) is 0.974. The number of hydrogen-bond donors (Lipinski definition) is 1. The van der Waals surface area contributed by atoms with E-state index >= 15 is 0 Å². The maximum absolute atomic E-state index is 5.36. The van der Waals surface area contributed by atoms with E-state index in [4.69, 9.17) is 4.42 Å². The molecule has 15 heavy (non-hydrogen) atoms. The number of aryl methyl sites for hydroxylation is 1. The van der Waals surface area contributed by atoms with Gasteiger partial charge in [-0.1, -0.05) is 18.3 Å². The van der Waals surface area contributed by atoms with Crippen LogP contribution in [-0.2, 0) is 13.0 Å². The summed E-state index contributed by atoms with van der Waals surface area (Å²) in [6.45, 7) is 2.83. The lowest BCUT2D eigenvalue weighted by Crippen LogP contribution is -2.04. The second-order valence-electron chi connectivity index (χ2n) is 3.14. The molecule has 0 fully saturated rings. The Hall–Kier alpha value is -1.20. The Balaban J connectivity index is 2.28. The van der Waals surface area contributed by atoms with Crippen molar-refractivity contribution in [2.45, 2.75) is 19.9 Å². The smallest absolute Gasteiger partial charge is 0.151 e. The summed E-state index contributed by atoms with van der Waals surface area (Å²) in [6.07, 6.45) is 2.58. The summed E-state index contributed by atoms with van der Waals surface area (Å²) in [4.78, 5) is 0. The molecule has 80 valence electrons. The highest BCUT2D eigenvalue weighted by molar-refractivity contribution is 7.14. The van der Waals surface area contributed by atoms with Crippen molar-refractivity contribution in [3.05, 3.63) is 23.1 Å². The molecule has 0 aliphatic carbocycles. The maximum Gasteiger partial charge on any atom is 0.151 e. The first-order valence-corrected chi connectivity index (χ1v) is 5.70. The van der Waals surface area contributed by atoms with Crippen LogP contribution in [0.2, 0.25) is 0 Å². The van der Waals surface area contributed by atoms with E-state index in [1.807, 2.05) is 13.1 Å². The summed E-state index contributed by atoms with van der Waals surface area (Å²) in [5, 5.41) is 13.2. The summed E-state index contributed by atoms with van der Waals surface area (Å²) in [7, 11) is 1.90. The predicted molar refractivity (Wildman–Crippen MR) is 59.8 cm³/mol. The molecule has 0 amide bonds. The van der Waals surface area contributed by atoms with Gasteiger partial charge in [-0.25, -0.2) is 0 Å². The molecular weight excluding hydrogens is 210 g/mol. The first-order chi connectivity index (χ1) is 7.35. The summed E-state index contributed by atoms with van der Waals surface area (Å²) in [5.41, 5.74) is 1.07. The Labute approximate surface area is 92.3 Å². The zero-order valence-corrected chi connectivity index (χ0v) is 9.60. The number of furan rings is 1. The first-order valence-electron chi connectivity index (χ1n) is 4.89. The number of nitrogens with one attached hydrogen (secondary N) is 1. The molecule has 0 aliphatic heterocycles. The van der Waals surface area contributed by atoms with E-state index in [1.165, 1.54) is 0 Å². The zero-order chi connectivity index (χ0) is 10.7. The predicted octanol–water partition coefficient (Wildman–Crippen LogP) is 2.08. The molecule has 0 saturated carbocycles. The van der Waals surface area contributed by atoms with Crippen molar-refractivity contribution in [1.29, 1.82) is 0 Å². The minimum atomic E-state index is 0.761. The van der Waals surface area contributed by atoms with Crippen LogP contribution in [0.1, 0.15) is 17.7 Å². The quantitative estimate of drug-likeness (QED) is 0.862. The third-order valence-electron chi connectivity index (χ3n) is 2.09. The fourth-order valence-corrected chi connectivity index (χ4v) is 2.28. The SMILES string of the molecule is CCc1occc1-c1nnc(CNC)s1. The third-order valence-corrected chi connectivity index (χ3v) is 3.05. The number of aromatic nitrogens is 2. The molecule has 0 atom stereocenters. The molecule has 0 bridgehead atoms. The molecule has 0 spiro atoms. The highest BCUT2D eigenvalue weighted by Crippen LogP contribution is 2.27. The van der Waals surface area contributed by atoms with Gasteiger partial charge >= 0.3 is 0 Å². The van der Waals surface area contributed by atoms with Crippen LogP contribution in [0.15, 0.2) is 16.7 Å². The largest absolute Gasteiger partial charge is 0.469 e. The lowest BCUT2D eigenvalue weighted by Gasteiger charge is -1.93. The van der Waals surface area contributed by atoms with Gasteiger partial charge in [-0.3, -0.25) is 0 Å². The molecule has 4 nitrogen and oxygen atoms in total. The Kier molecular flexibility index (Phi) is 3.13. The molecule has 5 heteroatoms. The minimum absolute atomic E-state index is 0.761. The van der Waals surface area contributed by atoms with Crippen molar-refractivity contribution >= 4 is 11.3 Å². The normalized spacial score (nSPS) is 10.8. The van der Waals surface area contributed by atoms with E-state index in [1.54, 1.807) is 17.6 Å². The summed E-state index contributed by atoms with van der Waals surface area (Å²) >= 11 is 1.60. The molecule has 0 aromatic carbocycles. The monoisotopic (exact) mass is 223 g/mol. The molecule has 0 radical (unpaired) electrons. The fraction of sp³-hybridized carbons (Fsp3) is 0.400. The standard InChI is InChI=1S/C10H13N3OS/c1-3-8-7(4-5-14-8)10-13-12-9(15-10)6-11-2/h4-5,11H,3,6H2,1-2H3. The van der Waals surface area contributed by atoms with Gasteiger partial charge in [0.15, 0.2) is 5.01 Å².